The maximum atomic E-state index is 10.5. The van der Waals surface area contributed by atoms with Gasteiger partial charge in [0.2, 0.25) is 0 Å². The van der Waals surface area contributed by atoms with Gasteiger partial charge in [-0.1, -0.05) is 157 Å². The average molecular weight is 873 g/mol. The van der Waals surface area contributed by atoms with Gasteiger partial charge in [0.05, 0.1) is 99.6 Å². The minimum atomic E-state index is -1.05. The van der Waals surface area contributed by atoms with E-state index in [0.717, 1.165) is 18.3 Å². The van der Waals surface area contributed by atoms with E-state index in [9.17, 15) is 38.2 Å². The molecule has 14 rings (SSSR count). The van der Waals surface area contributed by atoms with Crippen LogP contribution in [0.15, 0.2) is 218 Å². The van der Waals surface area contributed by atoms with Gasteiger partial charge in [-0.2, -0.15) is 5.26 Å². The summed E-state index contributed by atoms with van der Waals surface area (Å²) in [6.07, 6.45) is 0. The SMILES string of the molecule is [2H]c1c([2H])c([2H])c2c(c1[2H])c1c([2H])c([2H])c([2H])c([2H])c1n2-c1nc(-n2c3c([2H])c([2H])c([2H])c([2H])c3c3c([2H])c([2H])c([2H])c([2H])c32)c(-n2c3c([2H])c([2H])c([2H])c([2H])c3c3c([2H])c([2H])c([2H])c([2H])c32)c(-c2ccc(C#N)cc2)c1-n1c2c([2H])c([2H])c([2H])c([2H])c2c2c([2H])c([2H])c([2H])c([2H])c21. The highest BCUT2D eigenvalue weighted by Crippen LogP contribution is 2.48. The Hall–Kier alpha value is -9.18. The number of nitriles is 1. The average Bonchev–Trinajstić information content (AvgIpc) is 1.49. The van der Waals surface area contributed by atoms with Crippen LogP contribution in [0.2, 0.25) is 0 Å². The third-order valence-electron chi connectivity index (χ3n) is 11.4. The summed E-state index contributed by atoms with van der Waals surface area (Å²) in [5.41, 5.74) is -9.35. The summed E-state index contributed by atoms with van der Waals surface area (Å²) in [4.78, 5) is 5.33. The fraction of sp³-hybridized carbons (Fsp3) is 0. The molecule has 0 fully saturated rings. The van der Waals surface area contributed by atoms with Crippen molar-refractivity contribution in [2.75, 3.05) is 0 Å². The first-order valence-corrected chi connectivity index (χ1v) is 19.7. The van der Waals surface area contributed by atoms with Crippen molar-refractivity contribution in [3.63, 3.8) is 0 Å². The van der Waals surface area contributed by atoms with Crippen molar-refractivity contribution < 1.29 is 43.9 Å². The number of rotatable bonds is 5. The van der Waals surface area contributed by atoms with Crippen LogP contribution in [0.5, 0.6) is 0 Å². The molecule has 5 aromatic heterocycles. The van der Waals surface area contributed by atoms with Crippen LogP contribution in [-0.4, -0.2) is 23.3 Å². The first-order chi connectivity index (χ1) is 46.0. The van der Waals surface area contributed by atoms with Crippen molar-refractivity contribution in [3.8, 4) is 40.2 Å². The summed E-state index contributed by atoms with van der Waals surface area (Å²) in [5.74, 6) is -2.06. The number of pyridine rings is 1. The predicted molar refractivity (Wildman–Crippen MR) is 272 cm³/mol. The maximum Gasteiger partial charge on any atom is 0.165 e. The monoisotopic (exact) mass is 873 g/mol. The highest BCUT2D eigenvalue weighted by molar-refractivity contribution is 6.15. The Bertz CT molecular complexity index is 5620. The molecule has 0 amide bonds. The smallest absolute Gasteiger partial charge is 0.165 e. The quantitative estimate of drug-likeness (QED) is 0.173. The van der Waals surface area contributed by atoms with Crippen LogP contribution in [0.1, 0.15) is 49.4 Å². The molecule has 0 radical (unpaired) electrons. The Balaban J connectivity index is 1.50. The van der Waals surface area contributed by atoms with Crippen LogP contribution < -0.4 is 0 Å². The lowest BCUT2D eigenvalue weighted by Gasteiger charge is -2.27. The van der Waals surface area contributed by atoms with Gasteiger partial charge in [0.15, 0.2) is 11.6 Å². The lowest BCUT2D eigenvalue weighted by molar-refractivity contribution is 0.961. The molecule has 0 saturated carbocycles. The second kappa shape index (κ2) is 13.9. The zero-order valence-corrected chi connectivity index (χ0v) is 33.0. The highest BCUT2D eigenvalue weighted by atomic mass is 15.2. The third-order valence-corrected chi connectivity index (χ3v) is 11.4. The van der Waals surface area contributed by atoms with Crippen molar-refractivity contribution in [1.82, 2.24) is 23.3 Å². The summed E-state index contributed by atoms with van der Waals surface area (Å²) >= 11 is 0. The first-order valence-electron chi connectivity index (χ1n) is 35.7. The number of benzene rings is 9. The molecule has 5 heterocycles. The van der Waals surface area contributed by atoms with Crippen LogP contribution >= 0.6 is 0 Å². The lowest BCUT2D eigenvalue weighted by atomic mass is 9.99. The molecule has 0 atom stereocenters. The summed E-state index contributed by atoms with van der Waals surface area (Å²) in [6.45, 7) is 0. The number of hydrogen-bond acceptors (Lipinski definition) is 2. The van der Waals surface area contributed by atoms with E-state index in [4.69, 9.17) is 16.0 Å². The largest absolute Gasteiger partial charge is 0.305 e. The van der Waals surface area contributed by atoms with Crippen LogP contribution in [0, 0.1) is 11.3 Å². The standard InChI is InChI=1S/C60H36N6/c61-37-38-33-35-39(36-34-38)56-57(63-48-25-9-1-17-40(48)41-18-2-10-26-49(41)63)59(65-52-29-13-5-21-44(52)45-22-6-14-30-53(45)65)62-60(66-54-31-15-7-23-46(54)47-24-8-16-32-55(47)66)58(56)64-50-27-11-3-19-42(50)43-20-4-12-28-51(43)64/h1-36H/i1D,2D,3D,4D,5D,6D,7D,8D,9D,10D,11D,12D,13D,14D,15D,16D,17D,18D,19D,20D,21D,22D,23D,24D,25D,26D,27D,28D,29D,30D,31D,32D. The molecular formula is C60H36N6. The number of hydrogen-bond donors (Lipinski definition) is 0. The molecule has 66 heavy (non-hydrogen) atoms. The van der Waals surface area contributed by atoms with E-state index >= 15 is 0 Å². The Kier molecular flexibility index (Phi) is 3.60. The Morgan fingerprint density at radius 2 is 0.576 bits per heavy atom. The van der Waals surface area contributed by atoms with Crippen molar-refractivity contribution in [1.29, 1.82) is 5.26 Å². The highest BCUT2D eigenvalue weighted by Gasteiger charge is 2.32. The molecule has 0 aliphatic heterocycles. The molecule has 6 nitrogen and oxygen atoms in total. The van der Waals surface area contributed by atoms with E-state index < -0.39 is 309 Å². The second-order valence-electron chi connectivity index (χ2n) is 14.7. The number of nitrogens with zero attached hydrogens (tertiary/aromatic N) is 6. The molecule has 306 valence electrons. The van der Waals surface area contributed by atoms with Gasteiger partial charge >= 0.3 is 0 Å². The molecule has 6 heteroatoms. The van der Waals surface area contributed by atoms with Gasteiger partial charge in [0.25, 0.3) is 0 Å². The molecular weight excluding hydrogens is 805 g/mol. The molecule has 0 unspecified atom stereocenters. The molecule has 0 saturated heterocycles. The fourth-order valence-electron chi connectivity index (χ4n) is 8.82. The molecule has 0 bridgehead atoms. The normalized spacial score (nSPS) is 18.7. The number of aromatic nitrogens is 5. The molecule has 0 aliphatic carbocycles. The van der Waals surface area contributed by atoms with Gasteiger partial charge < -0.3 is 9.13 Å². The molecule has 0 spiro atoms. The van der Waals surface area contributed by atoms with Crippen molar-refractivity contribution in [3.05, 3.63) is 223 Å². The van der Waals surface area contributed by atoms with E-state index in [-0.39, 0.29) is 11.1 Å². The van der Waals surface area contributed by atoms with Crippen LogP contribution in [0.3, 0.4) is 0 Å². The zero-order chi connectivity index (χ0) is 71.3. The van der Waals surface area contributed by atoms with Crippen molar-refractivity contribution in [2.45, 2.75) is 0 Å². The van der Waals surface area contributed by atoms with Gasteiger partial charge in [0.1, 0.15) is 11.4 Å². The minimum absolute atomic E-state index is 0.129. The number of para-hydroxylation sites is 8. The summed E-state index contributed by atoms with van der Waals surface area (Å²) in [5, 5.41) is 5.15. The van der Waals surface area contributed by atoms with E-state index in [1.54, 1.807) is 0 Å². The third kappa shape index (κ3) is 4.97. The Morgan fingerprint density at radius 3 is 0.833 bits per heavy atom. The fourth-order valence-corrected chi connectivity index (χ4v) is 8.82. The van der Waals surface area contributed by atoms with E-state index in [2.05, 4.69) is 0 Å². The minimum Gasteiger partial charge on any atom is -0.305 e. The topological polar surface area (TPSA) is 56.4 Å². The molecule has 14 aromatic rings. The maximum absolute atomic E-state index is 10.5. The Morgan fingerprint density at radius 1 is 0.333 bits per heavy atom. The van der Waals surface area contributed by atoms with Gasteiger partial charge in [0, 0.05) is 48.7 Å². The van der Waals surface area contributed by atoms with E-state index in [1.807, 2.05) is 6.07 Å². The summed E-state index contributed by atoms with van der Waals surface area (Å²) < 4.78 is 306. The molecule has 0 N–H and O–H groups in total. The predicted octanol–water partition coefficient (Wildman–Crippen LogP) is 15.0. The van der Waals surface area contributed by atoms with E-state index in [1.165, 1.54) is 24.3 Å². The van der Waals surface area contributed by atoms with E-state index in [0.29, 0.717) is 0 Å². The van der Waals surface area contributed by atoms with Gasteiger partial charge in [-0.15, -0.1) is 0 Å². The first kappa shape index (κ1) is 17.1. The van der Waals surface area contributed by atoms with Crippen LogP contribution in [0.4, 0.5) is 0 Å². The van der Waals surface area contributed by atoms with Crippen LogP contribution in [0.25, 0.3) is 121 Å². The second-order valence-corrected chi connectivity index (χ2v) is 14.7. The van der Waals surface area contributed by atoms with Gasteiger partial charge in [-0.05, 0) is 66.0 Å². The van der Waals surface area contributed by atoms with Crippen molar-refractivity contribution in [2.24, 2.45) is 0 Å². The Labute approximate surface area is 423 Å². The number of fused-ring (bicyclic) bond motifs is 12. The van der Waals surface area contributed by atoms with Crippen LogP contribution in [-0.2, 0) is 0 Å². The lowest BCUT2D eigenvalue weighted by Crippen LogP contribution is -2.16. The van der Waals surface area contributed by atoms with Gasteiger partial charge in [-0.25, -0.2) is 4.98 Å². The van der Waals surface area contributed by atoms with Gasteiger partial charge in [-0.3, -0.25) is 9.13 Å². The molecule has 9 aromatic carbocycles. The zero-order valence-electron chi connectivity index (χ0n) is 65.0. The summed E-state index contributed by atoms with van der Waals surface area (Å²) in [7, 11) is 0. The van der Waals surface area contributed by atoms with Crippen molar-refractivity contribution >= 4 is 87.2 Å². The molecule has 0 aliphatic rings. The summed E-state index contributed by atoms with van der Waals surface area (Å²) in [6, 6.07) is -25.5.